The Morgan fingerprint density at radius 2 is 1.93 bits per heavy atom. The van der Waals surface area contributed by atoms with Gasteiger partial charge in [-0.2, -0.15) is 0 Å². The molecular weight excluding hydrogens is 203 g/mol. The van der Waals surface area contributed by atoms with Crippen molar-refractivity contribution in [1.29, 1.82) is 0 Å². The Morgan fingerprint density at radius 1 is 1.33 bits per heavy atom. The second kappa shape index (κ2) is 3.76. The van der Waals surface area contributed by atoms with Gasteiger partial charge in [-0.15, -0.1) is 0 Å². The summed E-state index contributed by atoms with van der Waals surface area (Å²) in [5.74, 6) is -0.0520. The first kappa shape index (κ1) is 9.76. The van der Waals surface area contributed by atoms with Crippen molar-refractivity contribution >= 4 is 5.97 Å². The van der Waals surface area contributed by atoms with Gasteiger partial charge < -0.3 is 14.6 Å². The normalized spacial score (nSPS) is 12.9. The van der Waals surface area contributed by atoms with Crippen LogP contribution in [0.3, 0.4) is 0 Å². The van der Waals surface area contributed by atoms with Gasteiger partial charge >= 0.3 is 5.97 Å². The fraction of sp³-hybridized carbons (Fsp3) is 0.300. The molecule has 0 amide bonds. The Morgan fingerprint density at radius 3 is 2.47 bits per heavy atom. The Bertz CT molecular complexity index is 403. The molecule has 0 radical (unpaired) electrons. The third kappa shape index (κ3) is 1.86. The van der Waals surface area contributed by atoms with E-state index in [-0.39, 0.29) is 13.2 Å². The van der Waals surface area contributed by atoms with Gasteiger partial charge in [-0.05, 0) is 23.3 Å². The summed E-state index contributed by atoms with van der Waals surface area (Å²) in [7, 11) is 0. The van der Waals surface area contributed by atoms with Crippen LogP contribution in [0.15, 0.2) is 12.1 Å². The number of hydrogen-bond acceptors (Lipinski definition) is 3. The van der Waals surface area contributed by atoms with E-state index in [2.05, 4.69) is 0 Å². The molecule has 0 atom stereocenters. The molecule has 0 spiro atoms. The zero-order valence-corrected chi connectivity index (χ0v) is 7.83. The van der Waals surface area contributed by atoms with Crippen LogP contribution in [0.1, 0.15) is 11.1 Å². The number of hydrogen-bond donors (Lipinski definition) is 1. The Labute approximate surface area is 85.2 Å². The summed E-state index contributed by atoms with van der Waals surface area (Å²) in [6, 6.07) is 3.01. The van der Waals surface area contributed by atoms with Crippen molar-refractivity contribution < 1.29 is 23.8 Å². The highest BCUT2D eigenvalue weighted by Crippen LogP contribution is 2.35. The van der Waals surface area contributed by atoms with Crippen molar-refractivity contribution in [3.63, 3.8) is 0 Å². The lowest BCUT2D eigenvalue weighted by Gasteiger charge is -2.05. The summed E-state index contributed by atoms with van der Waals surface area (Å²) in [6.45, 7) is -0.614. The molecule has 1 aliphatic rings. The lowest BCUT2D eigenvalue weighted by Crippen LogP contribution is -2.03. The van der Waals surface area contributed by atoms with E-state index in [4.69, 9.17) is 14.6 Å². The van der Waals surface area contributed by atoms with Gasteiger partial charge in [0, 0.05) is 0 Å². The average Bonchev–Trinajstić information content (AvgIpc) is 2.62. The molecule has 80 valence electrons. The van der Waals surface area contributed by atoms with Crippen molar-refractivity contribution in [1.82, 2.24) is 0 Å². The number of aliphatic carboxylic acids is 1. The number of fused-ring (bicyclic) bond motifs is 1. The number of ether oxygens (including phenoxy) is 2. The summed E-state index contributed by atoms with van der Waals surface area (Å²) in [6.07, 6.45) is -0.212. The van der Waals surface area contributed by atoms with E-state index < -0.39 is 12.6 Å². The number of carbonyl (C=O) groups is 1. The van der Waals surface area contributed by atoms with Gasteiger partial charge in [0.25, 0.3) is 0 Å². The molecule has 0 saturated heterocycles. The summed E-state index contributed by atoms with van der Waals surface area (Å²) >= 11 is 0. The first-order chi connectivity index (χ1) is 7.20. The van der Waals surface area contributed by atoms with Crippen LogP contribution in [0.4, 0.5) is 4.39 Å². The maximum Gasteiger partial charge on any atom is 0.307 e. The zero-order chi connectivity index (χ0) is 10.8. The van der Waals surface area contributed by atoms with Gasteiger partial charge in [0.2, 0.25) is 6.79 Å². The van der Waals surface area contributed by atoms with Crippen LogP contribution in [0.5, 0.6) is 11.5 Å². The lowest BCUT2D eigenvalue weighted by molar-refractivity contribution is -0.136. The van der Waals surface area contributed by atoms with Crippen molar-refractivity contribution in [3.8, 4) is 11.5 Å². The highest BCUT2D eigenvalue weighted by atomic mass is 19.1. The monoisotopic (exact) mass is 212 g/mol. The topological polar surface area (TPSA) is 55.8 Å². The molecule has 0 aliphatic carbocycles. The van der Waals surface area contributed by atoms with Crippen LogP contribution in [0.25, 0.3) is 0 Å². The first-order valence-electron chi connectivity index (χ1n) is 4.40. The molecule has 0 unspecified atom stereocenters. The maximum absolute atomic E-state index is 12.6. The summed E-state index contributed by atoms with van der Waals surface area (Å²) in [5.41, 5.74) is 0.760. The first-order valence-corrected chi connectivity index (χ1v) is 4.40. The van der Waals surface area contributed by atoms with Gasteiger partial charge in [0.05, 0.1) is 6.42 Å². The van der Waals surface area contributed by atoms with Gasteiger partial charge in [-0.25, -0.2) is 4.39 Å². The van der Waals surface area contributed by atoms with Crippen LogP contribution in [0.2, 0.25) is 0 Å². The zero-order valence-electron chi connectivity index (χ0n) is 7.83. The molecular formula is C10H9FO4. The van der Waals surface area contributed by atoms with Crippen molar-refractivity contribution in [2.75, 3.05) is 6.79 Å². The van der Waals surface area contributed by atoms with E-state index in [1.807, 2.05) is 0 Å². The SMILES string of the molecule is O=C(O)Cc1cc2c(cc1CF)OCO2. The molecule has 1 heterocycles. The Kier molecular flexibility index (Phi) is 2.45. The predicted octanol–water partition coefficient (Wildman–Crippen LogP) is 1.51. The third-order valence-electron chi connectivity index (χ3n) is 2.18. The second-order valence-electron chi connectivity index (χ2n) is 3.18. The maximum atomic E-state index is 12.6. The second-order valence-corrected chi connectivity index (χ2v) is 3.18. The van der Waals surface area contributed by atoms with Crippen molar-refractivity contribution in [3.05, 3.63) is 23.3 Å². The molecule has 2 rings (SSSR count). The van der Waals surface area contributed by atoms with E-state index in [1.54, 1.807) is 0 Å². The summed E-state index contributed by atoms with van der Waals surface area (Å²) in [4.78, 5) is 10.5. The van der Waals surface area contributed by atoms with Crippen molar-refractivity contribution in [2.24, 2.45) is 0 Å². The molecule has 5 heteroatoms. The van der Waals surface area contributed by atoms with Crippen LogP contribution in [-0.4, -0.2) is 17.9 Å². The fourth-order valence-electron chi connectivity index (χ4n) is 1.48. The smallest absolute Gasteiger partial charge is 0.307 e. The average molecular weight is 212 g/mol. The van der Waals surface area contributed by atoms with Gasteiger partial charge in [-0.3, -0.25) is 4.79 Å². The number of rotatable bonds is 3. The molecule has 1 N–H and O–H groups in total. The third-order valence-corrected chi connectivity index (χ3v) is 2.18. The molecule has 4 nitrogen and oxygen atoms in total. The molecule has 15 heavy (non-hydrogen) atoms. The van der Waals surface area contributed by atoms with Crippen LogP contribution < -0.4 is 9.47 Å². The minimum absolute atomic E-state index is 0.0948. The molecule has 1 aromatic rings. The van der Waals surface area contributed by atoms with E-state index in [0.717, 1.165) is 0 Å². The minimum Gasteiger partial charge on any atom is -0.481 e. The van der Waals surface area contributed by atoms with E-state index in [9.17, 15) is 9.18 Å². The highest BCUT2D eigenvalue weighted by Gasteiger charge is 2.18. The number of carboxylic acids is 1. The van der Waals surface area contributed by atoms with Crippen LogP contribution in [-0.2, 0) is 17.9 Å². The van der Waals surface area contributed by atoms with E-state index >= 15 is 0 Å². The molecule has 0 bridgehead atoms. The Hall–Kier alpha value is -1.78. The van der Waals surface area contributed by atoms with Gasteiger partial charge in [-0.1, -0.05) is 0 Å². The molecule has 1 aliphatic heterocycles. The van der Waals surface area contributed by atoms with Crippen molar-refractivity contribution in [2.45, 2.75) is 13.1 Å². The Balaban J connectivity index is 2.39. The minimum atomic E-state index is -0.997. The molecule has 0 saturated carbocycles. The summed E-state index contributed by atoms with van der Waals surface area (Å²) < 4.78 is 22.8. The van der Waals surface area contributed by atoms with E-state index in [1.165, 1.54) is 12.1 Å². The molecule has 0 fully saturated rings. The highest BCUT2D eigenvalue weighted by molar-refractivity contribution is 5.71. The largest absolute Gasteiger partial charge is 0.481 e. The number of carboxylic acid groups (broad SMARTS) is 1. The number of benzene rings is 1. The quantitative estimate of drug-likeness (QED) is 0.825. The van der Waals surface area contributed by atoms with Crippen LogP contribution >= 0.6 is 0 Å². The lowest BCUT2D eigenvalue weighted by atomic mass is 10.0. The standard InChI is InChI=1S/C10H9FO4/c11-4-7-2-9-8(14-5-15-9)1-6(7)3-10(12)13/h1-2H,3-5H2,(H,12,13). The number of alkyl halides is 1. The number of halogens is 1. The van der Waals surface area contributed by atoms with Gasteiger partial charge in [0.1, 0.15) is 6.67 Å². The molecule has 0 aromatic heterocycles. The predicted molar refractivity (Wildman–Crippen MR) is 48.7 cm³/mol. The van der Waals surface area contributed by atoms with Crippen LogP contribution in [0, 0.1) is 0 Å². The summed E-state index contributed by atoms with van der Waals surface area (Å²) in [5, 5.41) is 8.64. The fourth-order valence-corrected chi connectivity index (χ4v) is 1.48. The van der Waals surface area contributed by atoms with E-state index in [0.29, 0.717) is 22.6 Å². The van der Waals surface area contributed by atoms with Gasteiger partial charge in [0.15, 0.2) is 11.5 Å². The molecule has 1 aromatic carbocycles.